The van der Waals surface area contributed by atoms with E-state index in [0.717, 1.165) is 0 Å². The van der Waals surface area contributed by atoms with Crippen molar-refractivity contribution in [2.45, 2.75) is 5.60 Å². The summed E-state index contributed by atoms with van der Waals surface area (Å²) in [5, 5.41) is 9.96. The van der Waals surface area contributed by atoms with Gasteiger partial charge >= 0.3 is 0 Å². The molecule has 0 aromatic heterocycles. The predicted octanol–water partition coefficient (Wildman–Crippen LogP) is 0.00590. The SMILES string of the molecule is COC[C@](O)(C(N)=O)c1ccccc1. The van der Waals surface area contributed by atoms with Crippen LogP contribution in [-0.4, -0.2) is 24.7 Å². The molecule has 4 nitrogen and oxygen atoms in total. The monoisotopic (exact) mass is 195 g/mol. The molecule has 0 heterocycles. The van der Waals surface area contributed by atoms with Gasteiger partial charge in [-0.25, -0.2) is 0 Å². The number of nitrogens with two attached hydrogens (primary N) is 1. The molecule has 1 aromatic carbocycles. The van der Waals surface area contributed by atoms with Gasteiger partial charge in [0.2, 0.25) is 0 Å². The molecule has 0 fully saturated rings. The van der Waals surface area contributed by atoms with Gasteiger partial charge in [-0.1, -0.05) is 30.3 Å². The van der Waals surface area contributed by atoms with Gasteiger partial charge in [0.15, 0.2) is 5.60 Å². The zero-order valence-electron chi connectivity index (χ0n) is 7.93. The number of rotatable bonds is 4. The number of methoxy groups -OCH3 is 1. The van der Waals surface area contributed by atoms with Crippen LogP contribution in [0, 0.1) is 0 Å². The van der Waals surface area contributed by atoms with E-state index in [1.54, 1.807) is 30.3 Å². The van der Waals surface area contributed by atoms with Crippen molar-refractivity contribution in [1.82, 2.24) is 0 Å². The van der Waals surface area contributed by atoms with Crippen molar-refractivity contribution in [2.75, 3.05) is 13.7 Å². The van der Waals surface area contributed by atoms with Gasteiger partial charge in [-0.05, 0) is 5.56 Å². The van der Waals surface area contributed by atoms with Gasteiger partial charge in [-0.2, -0.15) is 0 Å². The molecule has 0 aliphatic rings. The molecule has 0 aliphatic heterocycles. The van der Waals surface area contributed by atoms with Crippen molar-refractivity contribution in [1.29, 1.82) is 0 Å². The van der Waals surface area contributed by atoms with Gasteiger partial charge in [-0.15, -0.1) is 0 Å². The number of hydrogen-bond acceptors (Lipinski definition) is 3. The van der Waals surface area contributed by atoms with Gasteiger partial charge in [0.05, 0.1) is 6.61 Å². The summed E-state index contributed by atoms with van der Waals surface area (Å²) in [5.41, 5.74) is 3.82. The molecule has 4 heteroatoms. The average molecular weight is 195 g/mol. The highest BCUT2D eigenvalue weighted by Crippen LogP contribution is 2.20. The Morgan fingerprint density at radius 2 is 2.07 bits per heavy atom. The van der Waals surface area contributed by atoms with E-state index in [-0.39, 0.29) is 6.61 Å². The highest BCUT2D eigenvalue weighted by atomic mass is 16.5. The topological polar surface area (TPSA) is 72.6 Å². The molecule has 3 N–H and O–H groups in total. The number of ether oxygens (including phenoxy) is 1. The van der Waals surface area contributed by atoms with E-state index in [0.29, 0.717) is 5.56 Å². The molecule has 1 amide bonds. The van der Waals surface area contributed by atoms with Crippen LogP contribution in [0.5, 0.6) is 0 Å². The quantitative estimate of drug-likeness (QED) is 0.710. The highest BCUT2D eigenvalue weighted by Gasteiger charge is 2.35. The molecule has 0 radical (unpaired) electrons. The predicted molar refractivity (Wildman–Crippen MR) is 51.4 cm³/mol. The van der Waals surface area contributed by atoms with Crippen molar-refractivity contribution in [2.24, 2.45) is 5.73 Å². The maximum absolute atomic E-state index is 11.1. The summed E-state index contributed by atoms with van der Waals surface area (Å²) in [6.45, 7) is -0.146. The van der Waals surface area contributed by atoms with E-state index >= 15 is 0 Å². The maximum Gasteiger partial charge on any atom is 0.256 e. The summed E-state index contributed by atoms with van der Waals surface area (Å²) >= 11 is 0. The van der Waals surface area contributed by atoms with Crippen LogP contribution in [-0.2, 0) is 15.1 Å². The zero-order chi connectivity index (χ0) is 10.6. The number of carbonyl (C=O) groups excluding carboxylic acids is 1. The molecule has 76 valence electrons. The van der Waals surface area contributed by atoms with Crippen molar-refractivity contribution >= 4 is 5.91 Å². The Morgan fingerprint density at radius 3 is 2.50 bits per heavy atom. The number of aliphatic hydroxyl groups is 1. The lowest BCUT2D eigenvalue weighted by Gasteiger charge is -2.23. The van der Waals surface area contributed by atoms with Crippen LogP contribution in [0.4, 0.5) is 0 Å². The van der Waals surface area contributed by atoms with Crippen molar-refractivity contribution in [3.8, 4) is 0 Å². The standard InChI is InChI=1S/C10H13NO3/c1-14-7-10(13,9(11)12)8-5-3-2-4-6-8/h2-6,13H,7H2,1H3,(H2,11,12)/t10-/m1/s1. The second-order valence-electron chi connectivity index (χ2n) is 3.02. The van der Waals surface area contributed by atoms with Crippen molar-refractivity contribution < 1.29 is 14.6 Å². The number of benzene rings is 1. The Morgan fingerprint density at radius 1 is 1.50 bits per heavy atom. The number of carbonyl (C=O) groups is 1. The summed E-state index contributed by atoms with van der Waals surface area (Å²) in [6, 6.07) is 8.49. The van der Waals surface area contributed by atoms with Crippen LogP contribution >= 0.6 is 0 Å². The summed E-state index contributed by atoms with van der Waals surface area (Å²) in [6.07, 6.45) is 0. The molecule has 1 atom stereocenters. The second kappa shape index (κ2) is 4.21. The van der Waals surface area contributed by atoms with Gasteiger partial charge in [-0.3, -0.25) is 4.79 Å². The number of hydrogen-bond donors (Lipinski definition) is 2. The first-order chi connectivity index (χ1) is 6.61. The third-order valence-electron chi connectivity index (χ3n) is 2.01. The minimum absolute atomic E-state index is 0.146. The van der Waals surface area contributed by atoms with E-state index in [4.69, 9.17) is 10.5 Å². The Kier molecular flexibility index (Phi) is 3.22. The normalized spacial score (nSPS) is 14.7. The lowest BCUT2D eigenvalue weighted by molar-refractivity contribution is -0.143. The number of amides is 1. The first kappa shape index (κ1) is 10.7. The van der Waals surface area contributed by atoms with E-state index in [1.807, 2.05) is 0 Å². The molecule has 0 saturated heterocycles. The zero-order valence-corrected chi connectivity index (χ0v) is 7.93. The van der Waals surface area contributed by atoms with Gasteiger partial charge in [0.1, 0.15) is 0 Å². The molecule has 0 unspecified atom stereocenters. The van der Waals surface area contributed by atoms with Crippen LogP contribution in [0.15, 0.2) is 30.3 Å². The summed E-state index contributed by atoms with van der Waals surface area (Å²) in [4.78, 5) is 11.1. The third-order valence-corrected chi connectivity index (χ3v) is 2.01. The van der Waals surface area contributed by atoms with Crippen LogP contribution < -0.4 is 5.73 Å². The van der Waals surface area contributed by atoms with E-state index < -0.39 is 11.5 Å². The van der Waals surface area contributed by atoms with E-state index in [1.165, 1.54) is 7.11 Å². The molecule has 0 saturated carbocycles. The minimum atomic E-state index is -1.74. The first-order valence-corrected chi connectivity index (χ1v) is 4.18. The van der Waals surface area contributed by atoms with Gasteiger partial charge in [0.25, 0.3) is 5.91 Å². The fourth-order valence-electron chi connectivity index (χ4n) is 1.22. The summed E-state index contributed by atoms with van der Waals surface area (Å²) in [7, 11) is 1.40. The van der Waals surface area contributed by atoms with Crippen molar-refractivity contribution in [3.63, 3.8) is 0 Å². The molecule has 0 aliphatic carbocycles. The largest absolute Gasteiger partial charge is 0.381 e. The lowest BCUT2D eigenvalue weighted by atomic mass is 9.94. The Labute approximate surface area is 82.3 Å². The van der Waals surface area contributed by atoms with Gasteiger partial charge < -0.3 is 15.6 Å². The fourth-order valence-corrected chi connectivity index (χ4v) is 1.22. The average Bonchev–Trinajstić information content (AvgIpc) is 2.19. The third kappa shape index (κ3) is 1.92. The highest BCUT2D eigenvalue weighted by molar-refractivity contribution is 5.84. The van der Waals surface area contributed by atoms with Crippen LogP contribution in [0.1, 0.15) is 5.56 Å². The lowest BCUT2D eigenvalue weighted by Crippen LogP contribution is -2.44. The van der Waals surface area contributed by atoms with E-state index in [2.05, 4.69) is 0 Å². The summed E-state index contributed by atoms with van der Waals surface area (Å²) in [5.74, 6) is -0.814. The minimum Gasteiger partial charge on any atom is -0.381 e. The molecular formula is C10H13NO3. The molecular weight excluding hydrogens is 182 g/mol. The fraction of sp³-hybridized carbons (Fsp3) is 0.300. The molecule has 14 heavy (non-hydrogen) atoms. The van der Waals surface area contributed by atoms with Crippen LogP contribution in [0.2, 0.25) is 0 Å². The Bertz CT molecular complexity index is 312. The first-order valence-electron chi connectivity index (χ1n) is 4.18. The van der Waals surface area contributed by atoms with Crippen LogP contribution in [0.25, 0.3) is 0 Å². The van der Waals surface area contributed by atoms with Gasteiger partial charge in [0, 0.05) is 7.11 Å². The second-order valence-corrected chi connectivity index (χ2v) is 3.02. The van der Waals surface area contributed by atoms with Crippen LogP contribution in [0.3, 0.4) is 0 Å². The molecule has 1 rings (SSSR count). The Balaban J connectivity index is 3.06. The Hall–Kier alpha value is -1.39. The molecule has 0 spiro atoms. The molecule has 0 bridgehead atoms. The van der Waals surface area contributed by atoms with E-state index in [9.17, 15) is 9.90 Å². The smallest absolute Gasteiger partial charge is 0.256 e. The van der Waals surface area contributed by atoms with Crippen molar-refractivity contribution in [3.05, 3.63) is 35.9 Å². The summed E-state index contributed by atoms with van der Waals surface area (Å²) < 4.78 is 4.77. The number of primary amides is 1. The molecule has 1 aromatic rings. The maximum atomic E-state index is 11.1.